The summed E-state index contributed by atoms with van der Waals surface area (Å²) in [5, 5.41) is 0. The van der Waals surface area contributed by atoms with Crippen LogP contribution in [0, 0.1) is 5.41 Å². The Morgan fingerprint density at radius 2 is 1.82 bits per heavy atom. The van der Waals surface area contributed by atoms with E-state index in [9.17, 15) is 4.79 Å². The number of carbonyl (C=O) groups is 1. The molecular formula is C14H21NO2. The minimum Gasteiger partial charge on any atom is -0.492 e. The number of ether oxygens (including phenoxy) is 1. The number of benzene rings is 1. The van der Waals surface area contributed by atoms with Crippen LogP contribution in [0.4, 0.5) is 0 Å². The zero-order valence-electron chi connectivity index (χ0n) is 11.1. The standard InChI is InChI=1S/C14H21NO2/c1-14(2,3)13(16)15(4)10-11-17-12-8-6-5-7-9-12/h5-9H,10-11H2,1-4H3. The minimum absolute atomic E-state index is 0.133. The van der Waals surface area contributed by atoms with Crippen molar-refractivity contribution < 1.29 is 9.53 Å². The van der Waals surface area contributed by atoms with Gasteiger partial charge in [-0.25, -0.2) is 0 Å². The van der Waals surface area contributed by atoms with Crippen molar-refractivity contribution in [1.29, 1.82) is 0 Å². The lowest BCUT2D eigenvalue weighted by Crippen LogP contribution is -2.38. The smallest absolute Gasteiger partial charge is 0.227 e. The molecular weight excluding hydrogens is 214 g/mol. The van der Waals surface area contributed by atoms with E-state index in [1.807, 2.05) is 58.2 Å². The molecule has 0 unspecified atom stereocenters. The van der Waals surface area contributed by atoms with E-state index >= 15 is 0 Å². The number of para-hydroxylation sites is 1. The van der Waals surface area contributed by atoms with Gasteiger partial charge in [0.15, 0.2) is 0 Å². The van der Waals surface area contributed by atoms with Gasteiger partial charge >= 0.3 is 0 Å². The van der Waals surface area contributed by atoms with Gasteiger partial charge < -0.3 is 9.64 Å². The van der Waals surface area contributed by atoms with Crippen molar-refractivity contribution in [1.82, 2.24) is 4.90 Å². The first kappa shape index (κ1) is 13.6. The van der Waals surface area contributed by atoms with E-state index in [1.165, 1.54) is 0 Å². The van der Waals surface area contributed by atoms with Crippen LogP contribution >= 0.6 is 0 Å². The highest BCUT2D eigenvalue weighted by molar-refractivity contribution is 5.81. The summed E-state index contributed by atoms with van der Waals surface area (Å²) in [6.45, 7) is 6.88. The molecule has 0 heterocycles. The predicted octanol–water partition coefficient (Wildman–Crippen LogP) is 2.57. The molecule has 0 bridgehead atoms. The van der Waals surface area contributed by atoms with Crippen LogP contribution in [-0.2, 0) is 4.79 Å². The molecule has 0 fully saturated rings. The summed E-state index contributed by atoms with van der Waals surface area (Å²) < 4.78 is 5.55. The van der Waals surface area contributed by atoms with Gasteiger partial charge in [-0.3, -0.25) is 4.79 Å². The number of hydrogen-bond acceptors (Lipinski definition) is 2. The summed E-state index contributed by atoms with van der Waals surface area (Å²) in [6, 6.07) is 9.62. The molecule has 0 spiro atoms. The maximum absolute atomic E-state index is 11.9. The van der Waals surface area contributed by atoms with Crippen LogP contribution in [0.15, 0.2) is 30.3 Å². The van der Waals surface area contributed by atoms with Gasteiger partial charge in [0.25, 0.3) is 0 Å². The van der Waals surface area contributed by atoms with E-state index in [0.29, 0.717) is 13.2 Å². The lowest BCUT2D eigenvalue weighted by molar-refractivity contribution is -0.138. The Morgan fingerprint density at radius 1 is 1.24 bits per heavy atom. The van der Waals surface area contributed by atoms with Crippen LogP contribution in [0.25, 0.3) is 0 Å². The first-order valence-electron chi connectivity index (χ1n) is 5.84. The predicted molar refractivity (Wildman–Crippen MR) is 69.0 cm³/mol. The van der Waals surface area contributed by atoms with Crippen molar-refractivity contribution in [2.45, 2.75) is 20.8 Å². The fourth-order valence-electron chi connectivity index (χ4n) is 1.49. The Balaban J connectivity index is 2.35. The molecule has 0 atom stereocenters. The van der Waals surface area contributed by atoms with Gasteiger partial charge in [0.05, 0.1) is 6.54 Å². The molecule has 17 heavy (non-hydrogen) atoms. The Labute approximate surface area is 103 Å². The summed E-state index contributed by atoms with van der Waals surface area (Å²) in [4.78, 5) is 13.6. The first-order chi connectivity index (χ1) is 7.91. The highest BCUT2D eigenvalue weighted by Gasteiger charge is 2.24. The molecule has 0 saturated heterocycles. The second-order valence-corrected chi connectivity index (χ2v) is 5.14. The lowest BCUT2D eigenvalue weighted by Gasteiger charge is -2.25. The minimum atomic E-state index is -0.332. The molecule has 0 aliphatic heterocycles. The summed E-state index contributed by atoms with van der Waals surface area (Å²) in [5.74, 6) is 0.971. The molecule has 3 heteroatoms. The molecule has 1 rings (SSSR count). The Hall–Kier alpha value is -1.51. The van der Waals surface area contributed by atoms with Crippen LogP contribution in [0.5, 0.6) is 5.75 Å². The number of nitrogens with zero attached hydrogens (tertiary/aromatic N) is 1. The van der Waals surface area contributed by atoms with E-state index in [-0.39, 0.29) is 11.3 Å². The molecule has 0 radical (unpaired) electrons. The molecule has 0 aliphatic rings. The van der Waals surface area contributed by atoms with Crippen molar-refractivity contribution in [2.24, 2.45) is 5.41 Å². The van der Waals surface area contributed by atoms with Crippen LogP contribution < -0.4 is 4.74 Å². The highest BCUT2D eigenvalue weighted by atomic mass is 16.5. The molecule has 0 aliphatic carbocycles. The van der Waals surface area contributed by atoms with Crippen LogP contribution in [0.2, 0.25) is 0 Å². The van der Waals surface area contributed by atoms with Crippen molar-refractivity contribution >= 4 is 5.91 Å². The Morgan fingerprint density at radius 3 is 2.35 bits per heavy atom. The van der Waals surface area contributed by atoms with E-state index in [1.54, 1.807) is 4.90 Å². The van der Waals surface area contributed by atoms with Gasteiger partial charge in [-0.15, -0.1) is 0 Å². The summed E-state index contributed by atoms with van der Waals surface area (Å²) in [5.41, 5.74) is -0.332. The average Bonchev–Trinajstić information content (AvgIpc) is 2.28. The largest absolute Gasteiger partial charge is 0.492 e. The maximum Gasteiger partial charge on any atom is 0.227 e. The summed E-state index contributed by atoms with van der Waals surface area (Å²) in [6.07, 6.45) is 0. The first-order valence-corrected chi connectivity index (χ1v) is 5.84. The average molecular weight is 235 g/mol. The van der Waals surface area contributed by atoms with Crippen molar-refractivity contribution in [2.75, 3.05) is 20.2 Å². The van der Waals surface area contributed by atoms with Gasteiger partial charge in [-0.1, -0.05) is 39.0 Å². The Bertz CT molecular complexity index is 354. The summed E-state index contributed by atoms with van der Waals surface area (Å²) in [7, 11) is 1.81. The molecule has 0 aromatic heterocycles. The van der Waals surface area contributed by atoms with Gasteiger partial charge in [-0.2, -0.15) is 0 Å². The molecule has 1 aromatic rings. The third kappa shape index (κ3) is 4.47. The summed E-state index contributed by atoms with van der Waals surface area (Å²) >= 11 is 0. The second kappa shape index (κ2) is 5.71. The van der Waals surface area contributed by atoms with E-state index in [2.05, 4.69) is 0 Å². The number of amides is 1. The molecule has 1 aromatic carbocycles. The fourth-order valence-corrected chi connectivity index (χ4v) is 1.49. The lowest BCUT2D eigenvalue weighted by atomic mass is 9.95. The Kier molecular flexibility index (Phi) is 4.55. The van der Waals surface area contributed by atoms with E-state index in [4.69, 9.17) is 4.74 Å². The van der Waals surface area contributed by atoms with Crippen molar-refractivity contribution in [3.8, 4) is 5.75 Å². The van der Waals surface area contributed by atoms with E-state index < -0.39 is 0 Å². The third-order valence-corrected chi connectivity index (χ3v) is 2.43. The maximum atomic E-state index is 11.9. The monoisotopic (exact) mass is 235 g/mol. The zero-order valence-corrected chi connectivity index (χ0v) is 11.1. The van der Waals surface area contributed by atoms with E-state index in [0.717, 1.165) is 5.75 Å². The molecule has 94 valence electrons. The number of hydrogen-bond donors (Lipinski definition) is 0. The van der Waals surface area contributed by atoms with Gasteiger partial charge in [0.2, 0.25) is 5.91 Å². The van der Waals surface area contributed by atoms with Crippen molar-refractivity contribution in [3.63, 3.8) is 0 Å². The SMILES string of the molecule is CN(CCOc1ccccc1)C(=O)C(C)(C)C. The van der Waals surface area contributed by atoms with Gasteiger partial charge in [-0.05, 0) is 12.1 Å². The molecule has 0 saturated carbocycles. The van der Waals surface area contributed by atoms with Gasteiger partial charge in [0.1, 0.15) is 12.4 Å². The quantitative estimate of drug-likeness (QED) is 0.802. The molecule has 1 amide bonds. The third-order valence-electron chi connectivity index (χ3n) is 2.43. The topological polar surface area (TPSA) is 29.5 Å². The number of carbonyl (C=O) groups excluding carboxylic acids is 1. The number of likely N-dealkylation sites (N-methyl/N-ethyl adjacent to an activating group) is 1. The van der Waals surface area contributed by atoms with Crippen molar-refractivity contribution in [3.05, 3.63) is 30.3 Å². The normalized spacial score (nSPS) is 11.1. The zero-order chi connectivity index (χ0) is 12.9. The number of rotatable bonds is 4. The fraction of sp³-hybridized carbons (Fsp3) is 0.500. The van der Waals surface area contributed by atoms with Crippen LogP contribution in [0.3, 0.4) is 0 Å². The second-order valence-electron chi connectivity index (χ2n) is 5.14. The molecule has 3 nitrogen and oxygen atoms in total. The van der Waals surface area contributed by atoms with Gasteiger partial charge in [0, 0.05) is 12.5 Å². The highest BCUT2D eigenvalue weighted by Crippen LogP contribution is 2.16. The molecule has 0 N–H and O–H groups in total. The van der Waals surface area contributed by atoms with Crippen LogP contribution in [-0.4, -0.2) is 31.0 Å². The van der Waals surface area contributed by atoms with Crippen LogP contribution in [0.1, 0.15) is 20.8 Å².